The Morgan fingerprint density at radius 2 is 1.92 bits per heavy atom. The maximum atomic E-state index is 10.6. The lowest BCUT2D eigenvalue weighted by Crippen LogP contribution is -2.43. The summed E-state index contributed by atoms with van der Waals surface area (Å²) < 4.78 is 0. The second kappa shape index (κ2) is 3.01. The van der Waals surface area contributed by atoms with Crippen LogP contribution in [0.3, 0.4) is 0 Å². The summed E-state index contributed by atoms with van der Waals surface area (Å²) in [7, 11) is 0. The molecule has 0 aromatic heterocycles. The number of carboxylic acids is 2. The van der Waals surface area contributed by atoms with E-state index in [1.54, 1.807) is 0 Å². The smallest absolute Gasteiger partial charge is 0.325 e. The zero-order valence-corrected chi connectivity index (χ0v) is 6.69. The van der Waals surface area contributed by atoms with Crippen molar-refractivity contribution in [3.05, 3.63) is 11.6 Å². The number of hydrogen-bond donors (Lipinski definition) is 2. The minimum Gasteiger partial charge on any atom is -0.480 e. The second-order valence-corrected chi connectivity index (χ2v) is 2.93. The van der Waals surface area contributed by atoms with Gasteiger partial charge in [-0.15, -0.1) is 0 Å². The van der Waals surface area contributed by atoms with Crippen LogP contribution < -0.4 is 0 Å². The predicted molar refractivity (Wildman–Crippen MR) is 41.1 cm³/mol. The molecule has 0 amide bonds. The van der Waals surface area contributed by atoms with Gasteiger partial charge in [0.1, 0.15) is 6.29 Å². The molecule has 0 aliphatic heterocycles. The van der Waals surface area contributed by atoms with E-state index < -0.39 is 17.4 Å². The minimum atomic E-state index is -1.79. The standard InChI is InChI=1S/C8H8O5/c9-2-1-5-3-8(4-5,6(10)11)7(12)13/h2-3H,1,4H2,(H,10,11)(H,12,13). The lowest BCUT2D eigenvalue weighted by atomic mass is 9.70. The number of allylic oxidation sites excluding steroid dienone is 1. The SMILES string of the molecule is O=CCC1=CC(C(=O)O)(C(=O)O)C1. The van der Waals surface area contributed by atoms with Gasteiger partial charge in [-0.05, 0) is 6.42 Å². The fourth-order valence-corrected chi connectivity index (χ4v) is 1.28. The maximum absolute atomic E-state index is 10.6. The highest BCUT2D eigenvalue weighted by molar-refractivity contribution is 6.03. The first-order valence-corrected chi connectivity index (χ1v) is 3.64. The molecule has 0 unspecified atom stereocenters. The normalized spacial score (nSPS) is 18.3. The van der Waals surface area contributed by atoms with Crippen LogP contribution in [-0.4, -0.2) is 28.4 Å². The molecule has 2 N–H and O–H groups in total. The number of carboxylic acid groups (broad SMARTS) is 2. The molecule has 1 aliphatic rings. The van der Waals surface area contributed by atoms with Gasteiger partial charge in [0.15, 0.2) is 5.41 Å². The van der Waals surface area contributed by atoms with Crippen LogP contribution in [0.1, 0.15) is 12.8 Å². The van der Waals surface area contributed by atoms with E-state index in [4.69, 9.17) is 10.2 Å². The molecule has 0 atom stereocenters. The molecule has 1 rings (SSSR count). The molecule has 0 aromatic rings. The Morgan fingerprint density at radius 1 is 1.46 bits per heavy atom. The third-order valence-electron chi connectivity index (χ3n) is 2.07. The number of carbonyl (C=O) groups is 3. The highest BCUT2D eigenvalue weighted by atomic mass is 16.4. The molecule has 0 aromatic carbocycles. The van der Waals surface area contributed by atoms with Crippen molar-refractivity contribution in [3.63, 3.8) is 0 Å². The number of aliphatic carboxylic acids is 2. The molecule has 5 nitrogen and oxygen atoms in total. The van der Waals surface area contributed by atoms with Crippen molar-refractivity contribution in [2.45, 2.75) is 12.8 Å². The Hall–Kier alpha value is -1.65. The average Bonchev–Trinajstić information content (AvgIpc) is 1.93. The average molecular weight is 184 g/mol. The lowest BCUT2D eigenvalue weighted by Gasteiger charge is -2.31. The third kappa shape index (κ3) is 1.32. The molecule has 0 saturated carbocycles. The summed E-state index contributed by atoms with van der Waals surface area (Å²) in [6.07, 6.45) is 1.80. The van der Waals surface area contributed by atoms with E-state index in [1.165, 1.54) is 0 Å². The van der Waals surface area contributed by atoms with E-state index in [0.717, 1.165) is 6.08 Å². The van der Waals surface area contributed by atoms with Crippen LogP contribution in [0.15, 0.2) is 11.6 Å². The van der Waals surface area contributed by atoms with E-state index in [9.17, 15) is 14.4 Å². The fourth-order valence-electron chi connectivity index (χ4n) is 1.28. The summed E-state index contributed by atoms with van der Waals surface area (Å²) in [5.74, 6) is -2.76. The van der Waals surface area contributed by atoms with Crippen LogP contribution in [0.2, 0.25) is 0 Å². The van der Waals surface area contributed by atoms with Gasteiger partial charge in [0.2, 0.25) is 0 Å². The fraction of sp³-hybridized carbons (Fsp3) is 0.375. The lowest BCUT2D eigenvalue weighted by molar-refractivity contribution is -0.162. The first-order valence-electron chi connectivity index (χ1n) is 3.64. The Kier molecular flexibility index (Phi) is 2.18. The number of aldehydes is 1. The summed E-state index contributed by atoms with van der Waals surface area (Å²) in [5.41, 5.74) is -1.22. The van der Waals surface area contributed by atoms with Crippen LogP contribution in [0.5, 0.6) is 0 Å². The maximum Gasteiger partial charge on any atom is 0.325 e. The zero-order chi connectivity index (χ0) is 10.1. The van der Waals surface area contributed by atoms with Gasteiger partial charge in [-0.1, -0.05) is 11.6 Å². The number of rotatable bonds is 4. The first-order chi connectivity index (χ1) is 6.03. The van der Waals surface area contributed by atoms with Crippen molar-refractivity contribution >= 4 is 18.2 Å². The van der Waals surface area contributed by atoms with Gasteiger partial charge in [-0.2, -0.15) is 0 Å². The Morgan fingerprint density at radius 3 is 2.23 bits per heavy atom. The molecular formula is C8H8O5. The van der Waals surface area contributed by atoms with E-state index in [0.29, 0.717) is 11.9 Å². The van der Waals surface area contributed by atoms with Gasteiger partial charge >= 0.3 is 11.9 Å². The van der Waals surface area contributed by atoms with Crippen molar-refractivity contribution in [3.8, 4) is 0 Å². The van der Waals surface area contributed by atoms with Gasteiger partial charge < -0.3 is 15.0 Å². The number of hydrogen-bond acceptors (Lipinski definition) is 3. The zero-order valence-electron chi connectivity index (χ0n) is 6.69. The molecule has 1 aliphatic carbocycles. The molecule has 70 valence electrons. The largest absolute Gasteiger partial charge is 0.480 e. The first kappa shape index (κ1) is 9.44. The molecule has 0 bridgehead atoms. The molecular weight excluding hydrogens is 176 g/mol. The summed E-state index contributed by atoms with van der Waals surface area (Å²) in [5, 5.41) is 17.3. The van der Waals surface area contributed by atoms with Crippen LogP contribution >= 0.6 is 0 Å². The molecule has 0 heterocycles. The van der Waals surface area contributed by atoms with Gasteiger partial charge in [0.05, 0.1) is 0 Å². The minimum absolute atomic E-state index is 0.0730. The summed E-state index contributed by atoms with van der Waals surface area (Å²) in [6, 6.07) is 0. The highest BCUT2D eigenvalue weighted by Crippen LogP contribution is 2.40. The van der Waals surface area contributed by atoms with Gasteiger partial charge in [0, 0.05) is 6.42 Å². The molecule has 0 saturated heterocycles. The van der Waals surface area contributed by atoms with Gasteiger partial charge in [0.25, 0.3) is 0 Å². The van der Waals surface area contributed by atoms with E-state index in [2.05, 4.69) is 0 Å². The molecule has 0 spiro atoms. The Bertz CT molecular complexity index is 288. The topological polar surface area (TPSA) is 91.7 Å². The van der Waals surface area contributed by atoms with Crippen LogP contribution in [0.4, 0.5) is 0 Å². The molecule has 0 fully saturated rings. The van der Waals surface area contributed by atoms with Crippen molar-refractivity contribution < 1.29 is 24.6 Å². The summed E-state index contributed by atoms with van der Waals surface area (Å²) in [4.78, 5) is 31.2. The summed E-state index contributed by atoms with van der Waals surface area (Å²) in [6.45, 7) is 0. The quantitative estimate of drug-likeness (QED) is 0.366. The molecule has 0 radical (unpaired) electrons. The Balaban J connectivity index is 2.85. The second-order valence-electron chi connectivity index (χ2n) is 2.93. The van der Waals surface area contributed by atoms with E-state index in [-0.39, 0.29) is 12.8 Å². The van der Waals surface area contributed by atoms with E-state index >= 15 is 0 Å². The van der Waals surface area contributed by atoms with Crippen LogP contribution in [-0.2, 0) is 14.4 Å². The van der Waals surface area contributed by atoms with Crippen LogP contribution in [0.25, 0.3) is 0 Å². The van der Waals surface area contributed by atoms with Crippen LogP contribution in [0, 0.1) is 5.41 Å². The van der Waals surface area contributed by atoms with Crippen molar-refractivity contribution in [1.29, 1.82) is 0 Å². The van der Waals surface area contributed by atoms with Crippen molar-refractivity contribution in [2.24, 2.45) is 5.41 Å². The monoisotopic (exact) mass is 184 g/mol. The number of carbonyl (C=O) groups excluding carboxylic acids is 1. The predicted octanol–water partition coefficient (Wildman–Crippen LogP) is 0.0611. The van der Waals surface area contributed by atoms with E-state index in [1.807, 2.05) is 0 Å². The van der Waals surface area contributed by atoms with Crippen molar-refractivity contribution in [2.75, 3.05) is 0 Å². The Labute approximate surface area is 73.7 Å². The highest BCUT2D eigenvalue weighted by Gasteiger charge is 2.50. The van der Waals surface area contributed by atoms with Gasteiger partial charge in [-0.3, -0.25) is 9.59 Å². The molecule has 13 heavy (non-hydrogen) atoms. The van der Waals surface area contributed by atoms with Gasteiger partial charge in [-0.25, -0.2) is 0 Å². The summed E-state index contributed by atoms with van der Waals surface area (Å²) >= 11 is 0. The van der Waals surface area contributed by atoms with Crippen molar-refractivity contribution in [1.82, 2.24) is 0 Å². The molecule has 5 heteroatoms. The third-order valence-corrected chi connectivity index (χ3v) is 2.07.